The van der Waals surface area contributed by atoms with E-state index in [2.05, 4.69) is 218 Å². The number of fused-ring (bicyclic) bond motifs is 12. The molecule has 0 fully saturated rings. The quantitative estimate of drug-likeness (QED) is 0.127. The third-order valence-electron chi connectivity index (χ3n) is 13.7. The van der Waals surface area contributed by atoms with Crippen LogP contribution in [0.25, 0.3) is 55.6 Å². The molecule has 1 aliphatic carbocycles. The molecule has 13 rings (SSSR count). The molecule has 0 atom stereocenters. The molecule has 64 heavy (non-hydrogen) atoms. The van der Waals surface area contributed by atoms with Gasteiger partial charge in [0.15, 0.2) is 8.07 Å². The molecule has 0 N–H and O–H groups in total. The first-order valence-corrected chi connectivity index (χ1v) is 24.1. The van der Waals surface area contributed by atoms with Gasteiger partial charge in [-0.15, -0.1) is 0 Å². The minimum Gasteiger partial charge on any atom is -0.458 e. The van der Waals surface area contributed by atoms with E-state index in [9.17, 15) is 0 Å². The highest BCUT2D eigenvalue weighted by Crippen LogP contribution is 2.48. The van der Waals surface area contributed by atoms with Gasteiger partial charge in [-0.25, -0.2) is 0 Å². The highest BCUT2D eigenvalue weighted by Gasteiger charge is 2.43. The van der Waals surface area contributed by atoms with E-state index in [1.165, 1.54) is 65.3 Å². The Bertz CT molecular complexity index is 3360. The topological polar surface area (TPSA) is 18.5 Å². The third-order valence-corrected chi connectivity index (χ3v) is 18.5. The molecule has 0 unspecified atom stereocenters. The predicted octanol–water partition coefficient (Wildman–Crippen LogP) is 10.4. The van der Waals surface area contributed by atoms with Gasteiger partial charge in [0.25, 0.3) is 6.71 Å². The molecule has 0 aromatic heterocycles. The van der Waals surface area contributed by atoms with E-state index in [1.54, 1.807) is 0 Å². The van der Waals surface area contributed by atoms with Crippen molar-refractivity contribution >= 4 is 51.9 Å². The number of hydrogen-bond acceptors (Lipinski definition) is 2. The minimum atomic E-state index is -2.83. The number of para-hydroxylation sites is 1. The molecule has 298 valence electrons. The van der Waals surface area contributed by atoms with E-state index in [4.69, 9.17) is 9.47 Å². The molecule has 2 heterocycles. The van der Waals surface area contributed by atoms with Gasteiger partial charge in [0, 0.05) is 5.46 Å². The van der Waals surface area contributed by atoms with Crippen LogP contribution in [0.2, 0.25) is 0 Å². The summed E-state index contributed by atoms with van der Waals surface area (Å²) in [7, 11) is -2.83. The molecule has 2 aliphatic heterocycles. The summed E-state index contributed by atoms with van der Waals surface area (Å²) in [5.41, 5.74) is 15.5. The van der Waals surface area contributed by atoms with Crippen LogP contribution in [0.3, 0.4) is 0 Å². The zero-order chi connectivity index (χ0) is 42.2. The van der Waals surface area contributed by atoms with Gasteiger partial charge in [-0.2, -0.15) is 0 Å². The molecule has 0 saturated carbocycles. The Morgan fingerprint density at radius 1 is 0.266 bits per heavy atom. The maximum Gasteiger partial charge on any atom is 0.260 e. The van der Waals surface area contributed by atoms with Crippen LogP contribution in [-0.4, -0.2) is 14.8 Å². The Morgan fingerprint density at radius 3 is 1.31 bits per heavy atom. The fourth-order valence-electron chi connectivity index (χ4n) is 10.9. The second kappa shape index (κ2) is 14.6. The van der Waals surface area contributed by atoms with Crippen LogP contribution in [0, 0.1) is 0 Å². The first kappa shape index (κ1) is 36.7. The van der Waals surface area contributed by atoms with Crippen LogP contribution in [0.1, 0.15) is 0 Å². The van der Waals surface area contributed by atoms with Crippen molar-refractivity contribution in [1.29, 1.82) is 0 Å². The molecule has 0 saturated heterocycles. The summed E-state index contributed by atoms with van der Waals surface area (Å²) in [5, 5.41) is 5.42. The summed E-state index contributed by atoms with van der Waals surface area (Å²) < 4.78 is 13.2. The van der Waals surface area contributed by atoms with E-state index in [0.717, 1.165) is 50.5 Å². The van der Waals surface area contributed by atoms with E-state index >= 15 is 0 Å². The average molecular weight is 831 g/mol. The molecule has 4 heteroatoms. The van der Waals surface area contributed by atoms with Gasteiger partial charge in [-0.1, -0.05) is 206 Å². The van der Waals surface area contributed by atoms with Crippen molar-refractivity contribution in [3.63, 3.8) is 0 Å². The summed E-state index contributed by atoms with van der Waals surface area (Å²) in [6.45, 7) is 0.0284. The molecule has 0 radical (unpaired) electrons. The lowest BCUT2D eigenvalue weighted by Gasteiger charge is -2.35. The Morgan fingerprint density at radius 2 is 0.688 bits per heavy atom. The zero-order valence-corrected chi connectivity index (χ0v) is 35.9. The Balaban J connectivity index is 1.04. The number of rotatable bonds is 5. The van der Waals surface area contributed by atoms with E-state index < -0.39 is 8.07 Å². The van der Waals surface area contributed by atoms with Crippen molar-refractivity contribution in [3.8, 4) is 78.6 Å². The summed E-state index contributed by atoms with van der Waals surface area (Å²) in [5.74, 6) is 3.48. The summed E-state index contributed by atoms with van der Waals surface area (Å²) in [6, 6.07) is 87.3. The number of ether oxygens (including phenoxy) is 2. The second-order valence-corrected chi connectivity index (χ2v) is 20.9. The molecule has 0 amide bonds. The molecule has 2 nitrogen and oxygen atoms in total. The van der Waals surface area contributed by atoms with Crippen LogP contribution in [-0.2, 0) is 0 Å². The largest absolute Gasteiger partial charge is 0.458 e. The Labute approximate surface area is 374 Å². The molecule has 10 aromatic rings. The Kier molecular flexibility index (Phi) is 8.37. The highest BCUT2D eigenvalue weighted by atomic mass is 28.3. The first-order valence-electron chi connectivity index (χ1n) is 22.1. The molecular formula is C60H39BO2Si. The standard InChI is InChI=1S/C60H39BO2Si/c1-4-17-42(18-5-1)64(43-19-6-2-7-20-43,44-21-8-3-9-22-44)45-33-35-51-52-37-40(31-34-50(52)48-25-11-10-23-46(48)47-24-12-13-26-49(47)53(51)39-45)41-32-36-55-59(38-41)63-58-30-16-29-57-60(58)61(55)54-27-14-15-28-56(54)62-57/h1-39H. The molecule has 0 spiro atoms. The van der Waals surface area contributed by atoms with Crippen molar-refractivity contribution in [1.82, 2.24) is 0 Å². The van der Waals surface area contributed by atoms with Gasteiger partial charge in [0.05, 0.1) is 0 Å². The van der Waals surface area contributed by atoms with Crippen LogP contribution < -0.4 is 46.6 Å². The fourth-order valence-corrected chi connectivity index (χ4v) is 15.7. The Hall–Kier alpha value is -7.92. The van der Waals surface area contributed by atoms with Gasteiger partial charge in [0.1, 0.15) is 23.0 Å². The minimum absolute atomic E-state index is 0.0284. The van der Waals surface area contributed by atoms with Gasteiger partial charge < -0.3 is 9.47 Å². The van der Waals surface area contributed by atoms with E-state index in [-0.39, 0.29) is 6.71 Å². The lowest BCUT2D eigenvalue weighted by atomic mass is 9.35. The summed E-state index contributed by atoms with van der Waals surface area (Å²) >= 11 is 0. The fraction of sp³-hybridized carbons (Fsp3) is 0. The van der Waals surface area contributed by atoms with Crippen molar-refractivity contribution < 1.29 is 9.47 Å². The number of hydrogen-bond donors (Lipinski definition) is 0. The summed E-state index contributed by atoms with van der Waals surface area (Å²) in [4.78, 5) is 0. The van der Waals surface area contributed by atoms with Crippen molar-refractivity contribution in [3.05, 3.63) is 237 Å². The van der Waals surface area contributed by atoms with Crippen molar-refractivity contribution in [2.75, 3.05) is 0 Å². The molecule has 0 bridgehead atoms. The average Bonchev–Trinajstić information content (AvgIpc) is 3.37. The van der Waals surface area contributed by atoms with Crippen LogP contribution in [0.5, 0.6) is 23.0 Å². The molecular weight excluding hydrogens is 792 g/mol. The lowest BCUT2D eigenvalue weighted by Crippen LogP contribution is -2.74. The first-order chi connectivity index (χ1) is 31.7. The molecule has 10 aromatic carbocycles. The van der Waals surface area contributed by atoms with Gasteiger partial charge in [0.2, 0.25) is 0 Å². The van der Waals surface area contributed by atoms with Crippen molar-refractivity contribution in [2.45, 2.75) is 0 Å². The predicted molar refractivity (Wildman–Crippen MR) is 268 cm³/mol. The molecule has 3 aliphatic rings. The smallest absolute Gasteiger partial charge is 0.260 e. The van der Waals surface area contributed by atoms with Gasteiger partial charge in [-0.3, -0.25) is 0 Å². The van der Waals surface area contributed by atoms with E-state index in [0.29, 0.717) is 0 Å². The van der Waals surface area contributed by atoms with Gasteiger partial charge >= 0.3 is 0 Å². The van der Waals surface area contributed by atoms with E-state index in [1.807, 2.05) is 18.2 Å². The zero-order valence-electron chi connectivity index (χ0n) is 34.9. The monoisotopic (exact) mass is 830 g/mol. The maximum absolute atomic E-state index is 6.77. The van der Waals surface area contributed by atoms with Gasteiger partial charge in [-0.05, 0) is 118 Å². The van der Waals surface area contributed by atoms with Crippen LogP contribution in [0.4, 0.5) is 0 Å². The normalized spacial score (nSPS) is 12.6. The SMILES string of the molecule is c1ccc([Si](c2ccccc2)(c2ccccc2)c2ccc3c(c2)-c2ccccc2-c2ccccc2-c2ccc(-c4ccc5c(c4)Oc4cccc6c4B5c4ccccc4O6)cc2-3)cc1. The lowest BCUT2D eigenvalue weighted by molar-refractivity contribution is 0.464. The summed E-state index contributed by atoms with van der Waals surface area (Å²) in [6.07, 6.45) is 0. The van der Waals surface area contributed by atoms with Crippen LogP contribution >= 0.6 is 0 Å². The van der Waals surface area contributed by atoms with Crippen molar-refractivity contribution in [2.24, 2.45) is 0 Å². The van der Waals surface area contributed by atoms with Crippen LogP contribution in [0.15, 0.2) is 237 Å². The third kappa shape index (κ3) is 5.52. The maximum atomic E-state index is 6.77. The second-order valence-electron chi connectivity index (χ2n) is 17.1. The highest BCUT2D eigenvalue weighted by molar-refractivity contribution is 7.20. The number of benzene rings is 10.